The Labute approximate surface area is 129 Å². The van der Waals surface area contributed by atoms with E-state index in [2.05, 4.69) is 31.0 Å². The molecule has 0 unspecified atom stereocenters. The second-order valence-corrected chi connectivity index (χ2v) is 7.30. The zero-order chi connectivity index (χ0) is 15.1. The number of hydrogen-bond donors (Lipinski definition) is 0. The first-order chi connectivity index (χ1) is 9.99. The molecule has 1 saturated heterocycles. The van der Waals surface area contributed by atoms with E-state index < -0.39 is 0 Å². The van der Waals surface area contributed by atoms with Crippen molar-refractivity contribution in [2.75, 3.05) is 13.1 Å². The summed E-state index contributed by atoms with van der Waals surface area (Å²) < 4.78 is 2.04. The summed E-state index contributed by atoms with van der Waals surface area (Å²) >= 11 is 1.46. The van der Waals surface area contributed by atoms with Crippen LogP contribution in [0.3, 0.4) is 0 Å². The van der Waals surface area contributed by atoms with Crippen LogP contribution in [0.2, 0.25) is 0 Å². The van der Waals surface area contributed by atoms with Crippen molar-refractivity contribution in [3.63, 3.8) is 0 Å². The average molecular weight is 306 g/mol. The molecule has 0 aromatic carbocycles. The van der Waals surface area contributed by atoms with Crippen molar-refractivity contribution in [1.29, 1.82) is 0 Å². The lowest BCUT2D eigenvalue weighted by Gasteiger charge is -2.30. The van der Waals surface area contributed by atoms with Gasteiger partial charge in [0, 0.05) is 24.7 Å². The molecule has 2 aromatic heterocycles. The van der Waals surface area contributed by atoms with E-state index in [0.717, 1.165) is 53.2 Å². The van der Waals surface area contributed by atoms with E-state index >= 15 is 0 Å². The molecule has 3 rings (SSSR count). The number of carbonyl (C=O) groups is 1. The van der Waals surface area contributed by atoms with Gasteiger partial charge in [-0.05, 0) is 25.7 Å². The number of carbonyl (C=O) groups excluding carboxylic acids is 1. The second kappa shape index (κ2) is 5.40. The summed E-state index contributed by atoms with van der Waals surface area (Å²) in [5, 5.41) is 8.46. The van der Waals surface area contributed by atoms with Gasteiger partial charge in [0.2, 0.25) is 4.96 Å². The van der Waals surface area contributed by atoms with E-state index in [-0.39, 0.29) is 5.91 Å². The minimum Gasteiger partial charge on any atom is -0.338 e. The van der Waals surface area contributed by atoms with Gasteiger partial charge in [0.1, 0.15) is 10.7 Å². The summed E-state index contributed by atoms with van der Waals surface area (Å²) in [6.07, 6.45) is 2.21. The Hall–Kier alpha value is -1.43. The van der Waals surface area contributed by atoms with Crippen molar-refractivity contribution < 1.29 is 4.79 Å². The number of rotatable bonds is 2. The molecular formula is C15H22N4OS. The van der Waals surface area contributed by atoms with Crippen LogP contribution in [-0.2, 0) is 0 Å². The Bertz CT molecular complexity index is 665. The molecule has 0 atom stereocenters. The van der Waals surface area contributed by atoms with E-state index in [1.54, 1.807) is 0 Å². The molecule has 21 heavy (non-hydrogen) atoms. The predicted octanol–water partition coefficient (Wildman–Crippen LogP) is 3.09. The lowest BCUT2D eigenvalue weighted by atomic mass is 9.99. The molecule has 0 N–H and O–H groups in total. The van der Waals surface area contributed by atoms with E-state index in [9.17, 15) is 4.79 Å². The Morgan fingerprint density at radius 3 is 2.57 bits per heavy atom. The molecule has 114 valence electrons. The van der Waals surface area contributed by atoms with Crippen LogP contribution < -0.4 is 0 Å². The number of nitrogens with zero attached hydrogens (tertiary/aromatic N) is 4. The third-order valence-corrected chi connectivity index (χ3v) is 5.42. The number of hydrogen-bond acceptors (Lipinski definition) is 4. The van der Waals surface area contributed by atoms with Gasteiger partial charge in [-0.2, -0.15) is 0 Å². The van der Waals surface area contributed by atoms with Gasteiger partial charge in [0.05, 0.1) is 0 Å². The molecule has 6 heteroatoms. The van der Waals surface area contributed by atoms with Crippen LogP contribution in [0.4, 0.5) is 0 Å². The van der Waals surface area contributed by atoms with Crippen LogP contribution in [0.1, 0.15) is 60.7 Å². The van der Waals surface area contributed by atoms with Gasteiger partial charge in [-0.1, -0.05) is 32.1 Å². The largest absolute Gasteiger partial charge is 0.338 e. The number of aromatic nitrogens is 3. The van der Waals surface area contributed by atoms with E-state index in [4.69, 9.17) is 0 Å². The average Bonchev–Trinajstić information content (AvgIpc) is 3.00. The fourth-order valence-electron chi connectivity index (χ4n) is 2.86. The summed E-state index contributed by atoms with van der Waals surface area (Å²) in [7, 11) is 0. The molecule has 1 aliphatic heterocycles. The molecular weight excluding hydrogens is 284 g/mol. The van der Waals surface area contributed by atoms with Gasteiger partial charge < -0.3 is 4.90 Å². The zero-order valence-electron chi connectivity index (χ0n) is 13.1. The Kier molecular flexibility index (Phi) is 3.73. The summed E-state index contributed by atoms with van der Waals surface area (Å²) in [5.74, 6) is 2.12. The van der Waals surface area contributed by atoms with Crippen molar-refractivity contribution in [2.24, 2.45) is 5.92 Å². The van der Waals surface area contributed by atoms with Crippen molar-refractivity contribution in [1.82, 2.24) is 19.5 Å². The van der Waals surface area contributed by atoms with Crippen LogP contribution >= 0.6 is 11.3 Å². The van der Waals surface area contributed by atoms with Crippen LogP contribution in [-0.4, -0.2) is 38.5 Å². The highest BCUT2D eigenvalue weighted by molar-refractivity contribution is 7.19. The molecule has 1 aliphatic rings. The standard InChI is InChI=1S/C15H22N4OS/c1-9(2)13-16-17-15-19(13)11(4)12(21-15)14(20)18-7-5-10(3)6-8-18/h9-10H,5-8H2,1-4H3. The number of piperidine rings is 1. The van der Waals surface area contributed by atoms with Crippen LogP contribution in [0, 0.1) is 12.8 Å². The highest BCUT2D eigenvalue weighted by atomic mass is 32.1. The minimum atomic E-state index is 0.157. The molecule has 1 amide bonds. The smallest absolute Gasteiger partial charge is 0.265 e. The van der Waals surface area contributed by atoms with E-state index in [1.165, 1.54) is 11.3 Å². The zero-order valence-corrected chi connectivity index (χ0v) is 13.9. The molecule has 2 aromatic rings. The lowest BCUT2D eigenvalue weighted by Crippen LogP contribution is -2.37. The van der Waals surface area contributed by atoms with Crippen LogP contribution in [0.15, 0.2) is 0 Å². The van der Waals surface area contributed by atoms with Crippen molar-refractivity contribution in [3.05, 3.63) is 16.4 Å². The Morgan fingerprint density at radius 1 is 1.29 bits per heavy atom. The molecule has 0 spiro atoms. The first-order valence-electron chi connectivity index (χ1n) is 7.62. The monoisotopic (exact) mass is 306 g/mol. The highest BCUT2D eigenvalue weighted by Gasteiger charge is 2.26. The number of fused-ring (bicyclic) bond motifs is 1. The third-order valence-electron chi connectivity index (χ3n) is 4.30. The number of amides is 1. The summed E-state index contributed by atoms with van der Waals surface area (Å²) in [4.78, 5) is 16.4. The van der Waals surface area contributed by atoms with Crippen molar-refractivity contribution in [3.8, 4) is 0 Å². The molecule has 0 aliphatic carbocycles. The summed E-state index contributed by atoms with van der Waals surface area (Å²) in [5.41, 5.74) is 0.979. The Balaban J connectivity index is 1.93. The minimum absolute atomic E-state index is 0.157. The first-order valence-corrected chi connectivity index (χ1v) is 8.44. The summed E-state index contributed by atoms with van der Waals surface area (Å²) in [6.45, 7) is 10.2. The fourth-order valence-corrected chi connectivity index (χ4v) is 3.90. The lowest BCUT2D eigenvalue weighted by molar-refractivity contribution is 0.0701. The molecule has 5 nitrogen and oxygen atoms in total. The number of likely N-dealkylation sites (tertiary alicyclic amines) is 1. The highest BCUT2D eigenvalue weighted by Crippen LogP contribution is 2.28. The van der Waals surface area contributed by atoms with Gasteiger partial charge in [-0.25, -0.2) is 0 Å². The van der Waals surface area contributed by atoms with E-state index in [0.29, 0.717) is 5.92 Å². The van der Waals surface area contributed by atoms with E-state index in [1.807, 2.05) is 16.2 Å². The SMILES string of the molecule is Cc1c(C(=O)N2CCC(C)CC2)sc2nnc(C(C)C)n12. The molecule has 0 bridgehead atoms. The summed E-state index contributed by atoms with van der Waals surface area (Å²) in [6, 6.07) is 0. The molecule has 0 radical (unpaired) electrons. The van der Waals surface area contributed by atoms with Crippen LogP contribution in [0.25, 0.3) is 4.96 Å². The topological polar surface area (TPSA) is 50.5 Å². The fraction of sp³-hybridized carbons (Fsp3) is 0.667. The molecule has 3 heterocycles. The normalized spacial score (nSPS) is 17.1. The molecule has 0 saturated carbocycles. The maximum atomic E-state index is 12.8. The number of aryl methyl sites for hydroxylation is 1. The maximum absolute atomic E-state index is 12.8. The van der Waals surface area contributed by atoms with Gasteiger partial charge in [0.25, 0.3) is 5.91 Å². The van der Waals surface area contributed by atoms with Crippen molar-refractivity contribution >= 4 is 22.2 Å². The van der Waals surface area contributed by atoms with Gasteiger partial charge in [0.15, 0.2) is 0 Å². The van der Waals surface area contributed by atoms with Gasteiger partial charge in [-0.3, -0.25) is 9.20 Å². The van der Waals surface area contributed by atoms with Crippen LogP contribution in [0.5, 0.6) is 0 Å². The van der Waals surface area contributed by atoms with Gasteiger partial charge >= 0.3 is 0 Å². The quantitative estimate of drug-likeness (QED) is 0.856. The maximum Gasteiger partial charge on any atom is 0.265 e. The van der Waals surface area contributed by atoms with Gasteiger partial charge in [-0.15, -0.1) is 10.2 Å². The Morgan fingerprint density at radius 2 is 1.95 bits per heavy atom. The number of thiazole rings is 1. The predicted molar refractivity (Wildman–Crippen MR) is 84.0 cm³/mol. The molecule has 1 fully saturated rings. The second-order valence-electron chi connectivity index (χ2n) is 6.32. The first kappa shape index (κ1) is 14.5. The third kappa shape index (κ3) is 2.46. The van der Waals surface area contributed by atoms with Crippen molar-refractivity contribution in [2.45, 2.75) is 46.5 Å².